The molecule has 8 unspecified atom stereocenters. The predicted molar refractivity (Wildman–Crippen MR) is 324 cm³/mol. The van der Waals surface area contributed by atoms with Gasteiger partial charge in [0.2, 0.25) is 5.91 Å². The lowest BCUT2D eigenvalue weighted by Gasteiger charge is -2.41. The van der Waals surface area contributed by atoms with E-state index in [0.29, 0.717) is 12.8 Å². The number of carbonyl (C=O) groups excluding carboxylic acids is 2. The fourth-order valence-corrected chi connectivity index (χ4v) is 9.30. The van der Waals surface area contributed by atoms with Gasteiger partial charge in [0.05, 0.1) is 25.4 Å². The standard InChI is InChI=1S/C67H115NO10/c1-4-7-10-13-16-19-22-25-26-27-28-29-30-31-32-33-34-37-40-43-46-49-52-55-62(72)78-65-64(74)63(73)61(56-69)77-67(65)76-57-58(59(70)53-50-47-44-41-38-35-23-20-17-14-11-8-5-2)68-66(75)60(71)54-51-48-45-42-39-36-24-21-18-15-12-9-6-3/h7,9-10,12,16,18-19,21,25-26,28-29,31-32,50,53,58-61,63-65,67,69-71,73-74H,4-6,8,11,13-15,17,20,22-24,27,30,33-49,51-52,54-57H2,1-3H3,(H,68,75)/b10-7-,12-9+,19-16-,21-18+,26-25-,29-28-,32-31-,53-50+. The van der Waals surface area contributed by atoms with Crippen LogP contribution < -0.4 is 5.32 Å². The highest BCUT2D eigenvalue weighted by Gasteiger charge is 2.47. The van der Waals surface area contributed by atoms with Crippen molar-refractivity contribution < 1.29 is 49.3 Å². The monoisotopic (exact) mass is 1090 g/mol. The van der Waals surface area contributed by atoms with Gasteiger partial charge in [0.1, 0.15) is 24.4 Å². The molecule has 0 aromatic heterocycles. The third-order valence-electron chi connectivity index (χ3n) is 14.2. The summed E-state index contributed by atoms with van der Waals surface area (Å²) >= 11 is 0. The van der Waals surface area contributed by atoms with Crippen LogP contribution in [-0.2, 0) is 23.8 Å². The van der Waals surface area contributed by atoms with Gasteiger partial charge >= 0.3 is 5.97 Å². The third-order valence-corrected chi connectivity index (χ3v) is 14.2. The van der Waals surface area contributed by atoms with E-state index in [1.807, 2.05) is 6.08 Å². The van der Waals surface area contributed by atoms with Crippen LogP contribution in [0.25, 0.3) is 0 Å². The van der Waals surface area contributed by atoms with Crippen LogP contribution in [0.4, 0.5) is 0 Å². The summed E-state index contributed by atoms with van der Waals surface area (Å²) in [6, 6.07) is -1.04. The number of amides is 1. The van der Waals surface area contributed by atoms with Gasteiger partial charge in [-0.05, 0) is 96.3 Å². The summed E-state index contributed by atoms with van der Waals surface area (Å²) < 4.78 is 17.6. The van der Waals surface area contributed by atoms with Crippen molar-refractivity contribution in [3.63, 3.8) is 0 Å². The second-order valence-corrected chi connectivity index (χ2v) is 21.4. The van der Waals surface area contributed by atoms with E-state index < -0.39 is 67.4 Å². The Balaban J connectivity index is 2.66. The van der Waals surface area contributed by atoms with Crippen LogP contribution in [0.2, 0.25) is 0 Å². The maximum atomic E-state index is 13.4. The summed E-state index contributed by atoms with van der Waals surface area (Å²) in [6.45, 7) is 5.55. The minimum absolute atomic E-state index is 0.105. The van der Waals surface area contributed by atoms with E-state index in [1.165, 1.54) is 57.8 Å². The Hall–Kier alpha value is -3.42. The molecule has 11 nitrogen and oxygen atoms in total. The topological polar surface area (TPSA) is 175 Å². The summed E-state index contributed by atoms with van der Waals surface area (Å²) in [5.41, 5.74) is 0. The molecule has 1 saturated heterocycles. The molecule has 0 aliphatic carbocycles. The van der Waals surface area contributed by atoms with Crippen LogP contribution in [0.5, 0.6) is 0 Å². The zero-order chi connectivity index (χ0) is 56.8. The molecule has 0 saturated carbocycles. The van der Waals surface area contributed by atoms with Crippen LogP contribution in [0.3, 0.4) is 0 Å². The Morgan fingerprint density at radius 2 is 0.923 bits per heavy atom. The molecule has 1 aliphatic rings. The molecule has 0 bridgehead atoms. The molecule has 1 aliphatic heterocycles. The second-order valence-electron chi connectivity index (χ2n) is 21.4. The summed E-state index contributed by atoms with van der Waals surface area (Å²) in [5, 5.41) is 57.0. The summed E-state index contributed by atoms with van der Waals surface area (Å²) in [6.07, 6.45) is 61.5. The Morgan fingerprint density at radius 1 is 0.513 bits per heavy atom. The molecule has 448 valence electrons. The first-order valence-corrected chi connectivity index (χ1v) is 31.5. The second kappa shape index (κ2) is 54.2. The number of allylic oxidation sites excluding steroid dienone is 15. The zero-order valence-electron chi connectivity index (χ0n) is 49.5. The number of unbranched alkanes of at least 4 members (excludes halogenated alkanes) is 24. The molecule has 0 aromatic rings. The lowest BCUT2D eigenvalue weighted by atomic mass is 9.99. The molecule has 1 fully saturated rings. The molecule has 78 heavy (non-hydrogen) atoms. The molecule has 1 amide bonds. The number of aliphatic hydroxyl groups is 5. The SMILES string of the molecule is CC/C=C\C/C=C\C/C=C\C/C=C\C/C=C\CCCCCCCCCC(=O)OC1C(OCC(NC(=O)C(O)CCCCCCCC/C=C/C/C=C/CC)C(O)/C=C/CCCCCCCCCCCCC)OC(CO)C(O)C1O. The van der Waals surface area contributed by atoms with Gasteiger partial charge in [-0.15, -0.1) is 0 Å². The van der Waals surface area contributed by atoms with Crippen LogP contribution in [0.1, 0.15) is 252 Å². The highest BCUT2D eigenvalue weighted by molar-refractivity contribution is 5.80. The van der Waals surface area contributed by atoms with Crippen molar-refractivity contribution >= 4 is 11.9 Å². The zero-order valence-corrected chi connectivity index (χ0v) is 49.5. The van der Waals surface area contributed by atoms with Crippen molar-refractivity contribution in [1.82, 2.24) is 5.32 Å². The van der Waals surface area contributed by atoms with E-state index in [4.69, 9.17) is 14.2 Å². The van der Waals surface area contributed by atoms with Gasteiger partial charge in [0.25, 0.3) is 0 Å². The van der Waals surface area contributed by atoms with Crippen LogP contribution in [0, 0.1) is 0 Å². The van der Waals surface area contributed by atoms with Gasteiger partial charge in [-0.2, -0.15) is 0 Å². The van der Waals surface area contributed by atoms with Crippen LogP contribution >= 0.6 is 0 Å². The summed E-state index contributed by atoms with van der Waals surface area (Å²) in [7, 11) is 0. The smallest absolute Gasteiger partial charge is 0.306 e. The van der Waals surface area contributed by atoms with Gasteiger partial charge in [-0.1, -0.05) is 246 Å². The van der Waals surface area contributed by atoms with E-state index in [9.17, 15) is 35.1 Å². The first kappa shape index (κ1) is 72.6. The summed E-state index contributed by atoms with van der Waals surface area (Å²) in [4.78, 5) is 26.6. The third kappa shape index (κ3) is 41.6. The number of hydrogen-bond acceptors (Lipinski definition) is 10. The van der Waals surface area contributed by atoms with Gasteiger partial charge < -0.3 is 45.1 Å². The van der Waals surface area contributed by atoms with Gasteiger partial charge in [-0.3, -0.25) is 9.59 Å². The number of esters is 1. The molecular formula is C67H115NO10. The highest BCUT2D eigenvalue weighted by atomic mass is 16.7. The van der Waals surface area contributed by atoms with E-state index in [2.05, 4.69) is 111 Å². The first-order valence-electron chi connectivity index (χ1n) is 31.5. The Kier molecular flexibility index (Phi) is 50.4. The Bertz CT molecular complexity index is 1630. The minimum atomic E-state index is -1.63. The predicted octanol–water partition coefficient (Wildman–Crippen LogP) is 15.1. The van der Waals surface area contributed by atoms with Crippen molar-refractivity contribution in [3.05, 3.63) is 97.2 Å². The van der Waals surface area contributed by atoms with E-state index in [-0.39, 0.29) is 19.4 Å². The maximum Gasteiger partial charge on any atom is 0.306 e. The van der Waals surface area contributed by atoms with Crippen LogP contribution in [-0.4, -0.2) is 99.6 Å². The van der Waals surface area contributed by atoms with Crippen molar-refractivity contribution in [3.8, 4) is 0 Å². The first-order chi connectivity index (χ1) is 38.2. The largest absolute Gasteiger partial charge is 0.454 e. The van der Waals surface area contributed by atoms with Crippen molar-refractivity contribution in [2.24, 2.45) is 0 Å². The number of nitrogens with one attached hydrogen (secondary N) is 1. The average molecular weight is 1090 g/mol. The van der Waals surface area contributed by atoms with Gasteiger partial charge in [-0.25, -0.2) is 0 Å². The molecule has 0 spiro atoms. The lowest BCUT2D eigenvalue weighted by Crippen LogP contribution is -2.61. The number of hydrogen-bond donors (Lipinski definition) is 6. The maximum absolute atomic E-state index is 13.4. The highest BCUT2D eigenvalue weighted by Crippen LogP contribution is 2.26. The average Bonchev–Trinajstić information content (AvgIpc) is 3.44. The number of ether oxygens (including phenoxy) is 3. The van der Waals surface area contributed by atoms with Crippen molar-refractivity contribution in [2.75, 3.05) is 13.2 Å². The van der Waals surface area contributed by atoms with Crippen molar-refractivity contribution in [2.45, 2.75) is 301 Å². The fraction of sp³-hybridized carbons (Fsp3) is 0.731. The molecule has 8 atom stereocenters. The van der Waals surface area contributed by atoms with E-state index in [0.717, 1.165) is 148 Å². The van der Waals surface area contributed by atoms with Gasteiger partial charge in [0, 0.05) is 6.42 Å². The number of aliphatic hydroxyl groups excluding tert-OH is 5. The summed E-state index contributed by atoms with van der Waals surface area (Å²) in [5.74, 6) is -1.22. The molecular weight excluding hydrogens is 979 g/mol. The quantitative estimate of drug-likeness (QED) is 0.0195. The van der Waals surface area contributed by atoms with E-state index >= 15 is 0 Å². The molecule has 11 heteroatoms. The molecule has 0 aromatic carbocycles. The number of rotatable bonds is 52. The molecule has 6 N–H and O–H groups in total. The molecule has 1 rings (SSSR count). The normalized spacial score (nSPS) is 19.6. The molecule has 1 heterocycles. The van der Waals surface area contributed by atoms with Crippen LogP contribution in [0.15, 0.2) is 97.2 Å². The Morgan fingerprint density at radius 3 is 1.38 bits per heavy atom. The lowest BCUT2D eigenvalue weighted by molar-refractivity contribution is -0.305. The minimum Gasteiger partial charge on any atom is -0.454 e. The number of carbonyl (C=O) groups is 2. The Labute approximate surface area is 475 Å². The van der Waals surface area contributed by atoms with Gasteiger partial charge in [0.15, 0.2) is 12.4 Å². The van der Waals surface area contributed by atoms with Crippen molar-refractivity contribution in [1.29, 1.82) is 0 Å². The van der Waals surface area contributed by atoms with E-state index in [1.54, 1.807) is 6.08 Å². The molecule has 0 radical (unpaired) electrons. The fourth-order valence-electron chi connectivity index (χ4n) is 9.30.